The second-order valence-electron chi connectivity index (χ2n) is 4.82. The molecule has 2 heteroatoms. The fourth-order valence-electron chi connectivity index (χ4n) is 2.81. The summed E-state index contributed by atoms with van der Waals surface area (Å²) >= 11 is 2.25. The van der Waals surface area contributed by atoms with Gasteiger partial charge in [-0.1, -0.05) is 25.7 Å². The van der Waals surface area contributed by atoms with Crippen LogP contribution in [0.2, 0.25) is 0 Å². The summed E-state index contributed by atoms with van der Waals surface area (Å²) in [6.07, 6.45) is 8.91. The maximum Gasteiger partial charge on any atom is 0.00900 e. The van der Waals surface area contributed by atoms with Gasteiger partial charge in [0.05, 0.1) is 0 Å². The van der Waals surface area contributed by atoms with E-state index in [0.29, 0.717) is 0 Å². The highest BCUT2D eigenvalue weighted by Crippen LogP contribution is 2.41. The molecule has 1 aliphatic carbocycles. The Labute approximate surface area is 92.4 Å². The first-order chi connectivity index (χ1) is 6.92. The van der Waals surface area contributed by atoms with Gasteiger partial charge < -0.3 is 5.32 Å². The van der Waals surface area contributed by atoms with Crippen LogP contribution in [0, 0.1) is 11.8 Å². The maximum absolute atomic E-state index is 3.40. The Morgan fingerprint density at radius 3 is 2.57 bits per heavy atom. The Morgan fingerprint density at radius 1 is 1.21 bits per heavy atom. The van der Waals surface area contributed by atoms with E-state index in [2.05, 4.69) is 24.1 Å². The average molecular weight is 213 g/mol. The van der Waals surface area contributed by atoms with Gasteiger partial charge in [-0.25, -0.2) is 0 Å². The van der Waals surface area contributed by atoms with Crippen molar-refractivity contribution in [3.8, 4) is 0 Å². The quantitative estimate of drug-likeness (QED) is 0.770. The number of rotatable bonds is 4. The average Bonchev–Trinajstić information content (AvgIpc) is 2.16. The van der Waals surface area contributed by atoms with Crippen LogP contribution < -0.4 is 5.32 Å². The normalized spacial score (nSPS) is 31.1. The molecule has 0 aromatic rings. The van der Waals surface area contributed by atoms with Crippen molar-refractivity contribution >= 4 is 11.8 Å². The molecule has 2 fully saturated rings. The molecule has 1 aliphatic heterocycles. The van der Waals surface area contributed by atoms with Crippen LogP contribution in [0.3, 0.4) is 0 Å². The van der Waals surface area contributed by atoms with E-state index in [9.17, 15) is 0 Å². The third kappa shape index (κ3) is 2.46. The van der Waals surface area contributed by atoms with Gasteiger partial charge in [-0.05, 0) is 44.0 Å². The van der Waals surface area contributed by atoms with Crippen LogP contribution in [0.5, 0.6) is 0 Å². The second-order valence-corrected chi connectivity index (χ2v) is 6.16. The first-order valence-corrected chi connectivity index (χ1v) is 7.23. The smallest absolute Gasteiger partial charge is 0.00900 e. The van der Waals surface area contributed by atoms with Gasteiger partial charge in [-0.15, -0.1) is 0 Å². The van der Waals surface area contributed by atoms with E-state index in [1.54, 1.807) is 0 Å². The SMILES string of the molecule is CNCC(C1CCC1)C1CCCCS1. The lowest BCUT2D eigenvalue weighted by Gasteiger charge is -2.40. The molecular weight excluding hydrogens is 190 g/mol. The van der Waals surface area contributed by atoms with E-state index in [1.807, 2.05) is 0 Å². The molecule has 0 aromatic heterocycles. The molecule has 1 heterocycles. The van der Waals surface area contributed by atoms with Crippen molar-refractivity contribution in [1.29, 1.82) is 0 Å². The Hall–Kier alpha value is 0.310. The third-order valence-corrected chi connectivity index (χ3v) is 5.43. The van der Waals surface area contributed by atoms with Crippen molar-refractivity contribution < 1.29 is 0 Å². The predicted molar refractivity (Wildman–Crippen MR) is 64.9 cm³/mol. The Morgan fingerprint density at radius 2 is 2.07 bits per heavy atom. The molecule has 2 rings (SSSR count). The lowest BCUT2D eigenvalue weighted by Crippen LogP contribution is -2.38. The first kappa shape index (κ1) is 10.8. The highest BCUT2D eigenvalue weighted by Gasteiger charge is 2.33. The molecule has 14 heavy (non-hydrogen) atoms. The zero-order chi connectivity index (χ0) is 9.80. The standard InChI is InChI=1S/C12H23NS/c1-13-9-11(10-5-4-6-10)12-7-2-3-8-14-12/h10-13H,2-9H2,1H3. The molecule has 2 atom stereocenters. The van der Waals surface area contributed by atoms with Gasteiger partial charge in [-0.3, -0.25) is 0 Å². The summed E-state index contributed by atoms with van der Waals surface area (Å²) in [5, 5.41) is 4.37. The summed E-state index contributed by atoms with van der Waals surface area (Å²) < 4.78 is 0. The molecule has 0 amide bonds. The van der Waals surface area contributed by atoms with Crippen LogP contribution in [0.1, 0.15) is 38.5 Å². The zero-order valence-electron chi connectivity index (χ0n) is 9.30. The fraction of sp³-hybridized carbons (Fsp3) is 1.00. The molecule has 0 spiro atoms. The number of hydrogen-bond donors (Lipinski definition) is 1. The number of nitrogens with one attached hydrogen (secondary N) is 1. The Bertz CT molecular complexity index is 162. The van der Waals surface area contributed by atoms with E-state index < -0.39 is 0 Å². The van der Waals surface area contributed by atoms with E-state index in [0.717, 1.165) is 17.1 Å². The van der Waals surface area contributed by atoms with Crippen LogP contribution in [-0.2, 0) is 0 Å². The van der Waals surface area contributed by atoms with Crippen LogP contribution in [0.4, 0.5) is 0 Å². The largest absolute Gasteiger partial charge is 0.319 e. The minimum Gasteiger partial charge on any atom is -0.319 e. The summed E-state index contributed by atoms with van der Waals surface area (Å²) in [6, 6.07) is 0. The molecular formula is C12H23NS. The van der Waals surface area contributed by atoms with Gasteiger partial charge in [0.15, 0.2) is 0 Å². The van der Waals surface area contributed by atoms with Crippen LogP contribution in [0.25, 0.3) is 0 Å². The molecule has 1 saturated heterocycles. The summed E-state index contributed by atoms with van der Waals surface area (Å²) in [6.45, 7) is 1.25. The highest BCUT2D eigenvalue weighted by molar-refractivity contribution is 7.99. The molecule has 82 valence electrons. The van der Waals surface area contributed by atoms with Crippen molar-refractivity contribution in [2.75, 3.05) is 19.3 Å². The summed E-state index contributed by atoms with van der Waals surface area (Å²) in [5.74, 6) is 3.44. The number of thioether (sulfide) groups is 1. The van der Waals surface area contributed by atoms with Crippen LogP contribution in [0.15, 0.2) is 0 Å². The van der Waals surface area contributed by atoms with Crippen LogP contribution >= 0.6 is 11.8 Å². The van der Waals surface area contributed by atoms with Crippen molar-refractivity contribution in [3.05, 3.63) is 0 Å². The topological polar surface area (TPSA) is 12.0 Å². The van der Waals surface area contributed by atoms with Crippen molar-refractivity contribution in [2.24, 2.45) is 11.8 Å². The molecule has 1 N–H and O–H groups in total. The zero-order valence-corrected chi connectivity index (χ0v) is 10.1. The van der Waals surface area contributed by atoms with Gasteiger partial charge in [0, 0.05) is 5.25 Å². The molecule has 1 nitrogen and oxygen atoms in total. The molecule has 0 bridgehead atoms. The van der Waals surface area contributed by atoms with Gasteiger partial charge in [0.2, 0.25) is 0 Å². The molecule has 2 unspecified atom stereocenters. The molecule has 1 saturated carbocycles. The van der Waals surface area contributed by atoms with E-state index in [1.165, 1.54) is 50.8 Å². The van der Waals surface area contributed by atoms with Crippen molar-refractivity contribution in [2.45, 2.75) is 43.8 Å². The van der Waals surface area contributed by atoms with Gasteiger partial charge >= 0.3 is 0 Å². The second kappa shape index (κ2) is 5.41. The monoisotopic (exact) mass is 213 g/mol. The Kier molecular flexibility index (Phi) is 4.18. The maximum atomic E-state index is 3.40. The summed E-state index contributed by atoms with van der Waals surface area (Å²) in [7, 11) is 2.11. The van der Waals surface area contributed by atoms with Crippen molar-refractivity contribution in [1.82, 2.24) is 5.32 Å². The molecule has 0 radical (unpaired) electrons. The van der Waals surface area contributed by atoms with Crippen molar-refractivity contribution in [3.63, 3.8) is 0 Å². The summed E-state index contributed by atoms with van der Waals surface area (Å²) in [4.78, 5) is 0. The lowest BCUT2D eigenvalue weighted by molar-refractivity contribution is 0.194. The summed E-state index contributed by atoms with van der Waals surface area (Å²) in [5.41, 5.74) is 0. The third-order valence-electron chi connectivity index (χ3n) is 3.89. The minimum absolute atomic E-state index is 0.971. The minimum atomic E-state index is 0.971. The van der Waals surface area contributed by atoms with E-state index >= 15 is 0 Å². The van der Waals surface area contributed by atoms with Gasteiger partial charge in [-0.2, -0.15) is 11.8 Å². The lowest BCUT2D eigenvalue weighted by atomic mass is 9.73. The molecule has 2 aliphatic rings. The Balaban J connectivity index is 1.86. The van der Waals surface area contributed by atoms with Crippen LogP contribution in [-0.4, -0.2) is 24.6 Å². The van der Waals surface area contributed by atoms with E-state index in [4.69, 9.17) is 0 Å². The highest BCUT2D eigenvalue weighted by atomic mass is 32.2. The van der Waals surface area contributed by atoms with E-state index in [-0.39, 0.29) is 0 Å². The number of hydrogen-bond acceptors (Lipinski definition) is 2. The fourth-order valence-corrected chi connectivity index (χ4v) is 4.38. The van der Waals surface area contributed by atoms with Gasteiger partial charge in [0.1, 0.15) is 0 Å². The predicted octanol–water partition coefficient (Wildman–Crippen LogP) is 2.91. The first-order valence-electron chi connectivity index (χ1n) is 6.18. The van der Waals surface area contributed by atoms with Gasteiger partial charge in [0.25, 0.3) is 0 Å². The molecule has 0 aromatic carbocycles.